The molecule has 25 heavy (non-hydrogen) atoms. The lowest BCUT2D eigenvalue weighted by atomic mass is 10.3. The topological polar surface area (TPSA) is 60.7 Å². The normalized spacial score (nSPS) is 10.3. The summed E-state index contributed by atoms with van der Waals surface area (Å²) in [6.07, 6.45) is 0. The highest BCUT2D eigenvalue weighted by Crippen LogP contribution is 2.19. The Morgan fingerprint density at radius 3 is 2.36 bits per heavy atom. The van der Waals surface area contributed by atoms with E-state index in [0.29, 0.717) is 22.2 Å². The van der Waals surface area contributed by atoms with E-state index < -0.39 is 0 Å². The van der Waals surface area contributed by atoms with E-state index in [1.807, 2.05) is 0 Å². The Bertz CT molecular complexity index is 841. The van der Waals surface area contributed by atoms with Gasteiger partial charge in [-0.25, -0.2) is 0 Å². The number of carbonyl (C=O) groups excluding carboxylic acids is 1. The van der Waals surface area contributed by atoms with E-state index in [1.54, 1.807) is 67.8 Å². The van der Waals surface area contributed by atoms with Gasteiger partial charge < -0.3 is 19.2 Å². The minimum absolute atomic E-state index is 0.213. The van der Waals surface area contributed by atoms with Gasteiger partial charge in [0, 0.05) is 10.7 Å². The van der Waals surface area contributed by atoms with Crippen molar-refractivity contribution in [3.8, 4) is 11.5 Å². The molecule has 0 fully saturated rings. The zero-order valence-electron chi connectivity index (χ0n) is 13.5. The first-order valence-corrected chi connectivity index (χ1v) is 7.94. The lowest BCUT2D eigenvalue weighted by Gasteiger charge is -2.05. The Morgan fingerprint density at radius 1 is 1.00 bits per heavy atom. The molecule has 0 aliphatic carbocycles. The second kappa shape index (κ2) is 7.77. The van der Waals surface area contributed by atoms with Crippen LogP contribution in [-0.4, -0.2) is 13.0 Å². The van der Waals surface area contributed by atoms with Crippen LogP contribution < -0.4 is 14.8 Å². The summed E-state index contributed by atoms with van der Waals surface area (Å²) in [5.74, 6) is 1.82. The van der Waals surface area contributed by atoms with E-state index in [0.717, 1.165) is 5.75 Å². The van der Waals surface area contributed by atoms with Gasteiger partial charge in [0.15, 0.2) is 5.76 Å². The van der Waals surface area contributed by atoms with Crippen molar-refractivity contribution in [2.75, 3.05) is 12.4 Å². The molecule has 0 aliphatic heterocycles. The number of amides is 1. The first kappa shape index (κ1) is 16.9. The number of nitrogens with one attached hydrogen (secondary N) is 1. The standard InChI is InChI=1S/C19H16ClNO4/c1-23-15-8-4-14(5-9-15)21-19(22)18-11-10-17(25-18)12-24-16-6-2-13(20)3-7-16/h2-11H,12H2,1H3,(H,21,22). The first-order chi connectivity index (χ1) is 12.1. The summed E-state index contributed by atoms with van der Waals surface area (Å²) >= 11 is 5.82. The van der Waals surface area contributed by atoms with Gasteiger partial charge in [-0.1, -0.05) is 11.6 Å². The van der Waals surface area contributed by atoms with Gasteiger partial charge in [-0.15, -0.1) is 0 Å². The summed E-state index contributed by atoms with van der Waals surface area (Å²) in [6.45, 7) is 0.220. The minimum Gasteiger partial charge on any atom is -0.497 e. The van der Waals surface area contributed by atoms with Crippen LogP contribution in [0.5, 0.6) is 11.5 Å². The van der Waals surface area contributed by atoms with Gasteiger partial charge in [0.05, 0.1) is 7.11 Å². The van der Waals surface area contributed by atoms with Crippen LogP contribution in [-0.2, 0) is 6.61 Å². The fourth-order valence-corrected chi connectivity index (χ4v) is 2.26. The van der Waals surface area contributed by atoms with Crippen LogP contribution in [0.4, 0.5) is 5.69 Å². The molecule has 5 nitrogen and oxygen atoms in total. The summed E-state index contributed by atoms with van der Waals surface area (Å²) in [5.41, 5.74) is 0.654. The lowest BCUT2D eigenvalue weighted by Crippen LogP contribution is -2.10. The maximum absolute atomic E-state index is 12.2. The molecule has 3 rings (SSSR count). The largest absolute Gasteiger partial charge is 0.497 e. The Labute approximate surface area is 150 Å². The molecule has 0 saturated carbocycles. The van der Waals surface area contributed by atoms with Crippen molar-refractivity contribution in [1.29, 1.82) is 0 Å². The maximum Gasteiger partial charge on any atom is 0.291 e. The van der Waals surface area contributed by atoms with Crippen molar-refractivity contribution in [1.82, 2.24) is 0 Å². The SMILES string of the molecule is COc1ccc(NC(=O)c2ccc(COc3ccc(Cl)cc3)o2)cc1. The number of furan rings is 1. The van der Waals surface area contributed by atoms with Gasteiger partial charge in [-0.05, 0) is 60.7 Å². The van der Waals surface area contributed by atoms with E-state index in [4.69, 9.17) is 25.5 Å². The molecule has 0 bridgehead atoms. The molecule has 0 spiro atoms. The summed E-state index contributed by atoms with van der Waals surface area (Å²) in [7, 11) is 1.59. The van der Waals surface area contributed by atoms with Crippen LogP contribution >= 0.6 is 11.6 Å². The van der Waals surface area contributed by atoms with Crippen LogP contribution in [0.3, 0.4) is 0 Å². The molecule has 6 heteroatoms. The number of ether oxygens (including phenoxy) is 2. The Balaban J connectivity index is 1.58. The third kappa shape index (κ3) is 4.55. The highest BCUT2D eigenvalue weighted by Gasteiger charge is 2.12. The molecule has 1 N–H and O–H groups in total. The van der Waals surface area contributed by atoms with Gasteiger partial charge in [0.25, 0.3) is 5.91 Å². The van der Waals surface area contributed by atoms with E-state index >= 15 is 0 Å². The summed E-state index contributed by atoms with van der Waals surface area (Å²) in [6, 6.07) is 17.4. The molecule has 0 atom stereocenters. The fourth-order valence-electron chi connectivity index (χ4n) is 2.13. The Morgan fingerprint density at radius 2 is 1.68 bits per heavy atom. The molecule has 1 amide bonds. The second-order valence-corrected chi connectivity index (χ2v) is 5.63. The van der Waals surface area contributed by atoms with Gasteiger partial charge in [-0.2, -0.15) is 0 Å². The zero-order chi connectivity index (χ0) is 17.6. The molecule has 0 unspecified atom stereocenters. The van der Waals surface area contributed by atoms with Gasteiger partial charge in [-0.3, -0.25) is 4.79 Å². The Kier molecular flexibility index (Phi) is 5.26. The summed E-state index contributed by atoms with van der Waals surface area (Å²) in [4.78, 5) is 12.2. The average molecular weight is 358 g/mol. The second-order valence-electron chi connectivity index (χ2n) is 5.19. The predicted molar refractivity (Wildman–Crippen MR) is 95.4 cm³/mol. The molecule has 128 valence electrons. The molecular weight excluding hydrogens is 342 g/mol. The van der Waals surface area contributed by atoms with E-state index in [1.165, 1.54) is 0 Å². The van der Waals surface area contributed by atoms with Crippen molar-refractivity contribution < 1.29 is 18.7 Å². The van der Waals surface area contributed by atoms with Crippen LogP contribution in [0.1, 0.15) is 16.3 Å². The summed E-state index contributed by atoms with van der Waals surface area (Å²) < 4.78 is 16.2. The average Bonchev–Trinajstić information content (AvgIpc) is 3.11. The highest BCUT2D eigenvalue weighted by atomic mass is 35.5. The van der Waals surface area contributed by atoms with E-state index in [9.17, 15) is 4.79 Å². The highest BCUT2D eigenvalue weighted by molar-refractivity contribution is 6.30. The monoisotopic (exact) mass is 357 g/mol. The van der Waals surface area contributed by atoms with Crippen molar-refractivity contribution in [2.24, 2.45) is 0 Å². The van der Waals surface area contributed by atoms with Crippen LogP contribution in [0.2, 0.25) is 5.02 Å². The van der Waals surface area contributed by atoms with Gasteiger partial charge in [0.1, 0.15) is 23.9 Å². The van der Waals surface area contributed by atoms with Crippen molar-refractivity contribution in [3.63, 3.8) is 0 Å². The van der Waals surface area contributed by atoms with Crippen molar-refractivity contribution >= 4 is 23.2 Å². The molecule has 2 aromatic carbocycles. The lowest BCUT2D eigenvalue weighted by molar-refractivity contribution is 0.0992. The predicted octanol–water partition coefficient (Wildman–Crippen LogP) is 4.77. The number of benzene rings is 2. The number of rotatable bonds is 6. The van der Waals surface area contributed by atoms with Crippen LogP contribution in [0.25, 0.3) is 0 Å². The maximum atomic E-state index is 12.2. The third-order valence-corrected chi connectivity index (χ3v) is 3.68. The van der Waals surface area contributed by atoms with Crippen LogP contribution in [0, 0.1) is 0 Å². The number of anilines is 1. The molecule has 3 aromatic rings. The quantitative estimate of drug-likeness (QED) is 0.690. The number of hydrogen-bond acceptors (Lipinski definition) is 4. The van der Waals surface area contributed by atoms with E-state index in [2.05, 4.69) is 5.32 Å². The minimum atomic E-state index is -0.331. The van der Waals surface area contributed by atoms with Gasteiger partial charge >= 0.3 is 0 Å². The first-order valence-electron chi connectivity index (χ1n) is 7.56. The molecule has 0 radical (unpaired) electrons. The number of halogens is 1. The van der Waals surface area contributed by atoms with E-state index in [-0.39, 0.29) is 18.3 Å². The van der Waals surface area contributed by atoms with Crippen molar-refractivity contribution in [2.45, 2.75) is 6.61 Å². The fraction of sp³-hybridized carbons (Fsp3) is 0.105. The zero-order valence-corrected chi connectivity index (χ0v) is 14.2. The molecule has 1 aromatic heterocycles. The third-order valence-electron chi connectivity index (χ3n) is 3.43. The number of hydrogen-bond donors (Lipinski definition) is 1. The molecule has 1 heterocycles. The number of methoxy groups -OCH3 is 1. The summed E-state index contributed by atoms with van der Waals surface area (Å²) in [5, 5.41) is 3.40. The molecule has 0 aliphatic rings. The molecule has 0 saturated heterocycles. The Hall–Kier alpha value is -2.92. The number of carbonyl (C=O) groups is 1. The molecular formula is C19H16ClNO4. The van der Waals surface area contributed by atoms with Crippen molar-refractivity contribution in [3.05, 3.63) is 77.2 Å². The van der Waals surface area contributed by atoms with Gasteiger partial charge in [0.2, 0.25) is 0 Å². The van der Waals surface area contributed by atoms with Crippen LogP contribution in [0.15, 0.2) is 65.1 Å². The smallest absolute Gasteiger partial charge is 0.291 e.